The molecule has 28 heavy (non-hydrogen) atoms. The molecule has 0 fully saturated rings. The molecule has 0 aliphatic heterocycles. The summed E-state index contributed by atoms with van der Waals surface area (Å²) in [6.45, 7) is 1.93. The fraction of sp³-hybridized carbons (Fsp3) is 0.227. The van der Waals surface area contributed by atoms with E-state index in [1.807, 2.05) is 42.0 Å². The minimum absolute atomic E-state index is 0.0719. The van der Waals surface area contributed by atoms with E-state index in [1.54, 1.807) is 19.5 Å². The number of benzene rings is 1. The summed E-state index contributed by atoms with van der Waals surface area (Å²) in [5.41, 5.74) is 4.89. The fourth-order valence-corrected chi connectivity index (χ4v) is 3.53. The summed E-state index contributed by atoms with van der Waals surface area (Å²) in [4.78, 5) is 21.1. The third-order valence-electron chi connectivity index (χ3n) is 4.90. The van der Waals surface area contributed by atoms with Gasteiger partial charge in [-0.25, -0.2) is 9.97 Å². The molecule has 2 aromatic heterocycles. The Bertz CT molecular complexity index is 1040. The molecule has 1 amide bonds. The highest BCUT2D eigenvalue weighted by Gasteiger charge is 2.22. The molecule has 2 heterocycles. The molecule has 1 N–H and O–H groups in total. The molecule has 0 saturated heterocycles. The first-order valence-corrected chi connectivity index (χ1v) is 9.26. The third kappa shape index (κ3) is 3.67. The van der Waals surface area contributed by atoms with E-state index in [-0.39, 0.29) is 11.9 Å². The molecule has 1 aliphatic carbocycles. The summed E-state index contributed by atoms with van der Waals surface area (Å²) >= 11 is 0. The summed E-state index contributed by atoms with van der Waals surface area (Å²) in [5, 5.41) is 3.08. The topological polar surface area (TPSA) is 69.0 Å². The second kappa shape index (κ2) is 7.68. The Morgan fingerprint density at radius 1 is 1.29 bits per heavy atom. The number of carbonyl (C=O) groups excluding carboxylic acids is 1. The monoisotopic (exact) mass is 374 g/mol. The van der Waals surface area contributed by atoms with Crippen LogP contribution in [0.2, 0.25) is 0 Å². The molecule has 1 aromatic carbocycles. The lowest BCUT2D eigenvalue weighted by molar-refractivity contribution is -0.117. The van der Waals surface area contributed by atoms with E-state index >= 15 is 0 Å². The maximum absolute atomic E-state index is 12.4. The Morgan fingerprint density at radius 3 is 2.93 bits per heavy atom. The lowest BCUT2D eigenvalue weighted by atomic mass is 10.1. The minimum atomic E-state index is -0.128. The van der Waals surface area contributed by atoms with Crippen LogP contribution in [-0.2, 0) is 11.2 Å². The molecular weight excluding hydrogens is 352 g/mol. The van der Waals surface area contributed by atoms with Gasteiger partial charge in [0.2, 0.25) is 11.8 Å². The molecule has 6 nitrogen and oxygen atoms in total. The number of nitrogens with zero attached hydrogens (tertiary/aromatic N) is 3. The van der Waals surface area contributed by atoms with Gasteiger partial charge in [-0.05, 0) is 49.1 Å². The van der Waals surface area contributed by atoms with Gasteiger partial charge >= 0.3 is 0 Å². The maximum Gasteiger partial charge on any atom is 0.244 e. The van der Waals surface area contributed by atoms with Crippen molar-refractivity contribution in [3.63, 3.8) is 0 Å². The second-order valence-corrected chi connectivity index (χ2v) is 6.82. The predicted octanol–water partition coefficient (Wildman–Crippen LogP) is 3.40. The molecule has 0 bridgehead atoms. The molecule has 1 atom stereocenters. The van der Waals surface area contributed by atoms with Crippen LogP contribution >= 0.6 is 0 Å². The van der Waals surface area contributed by atoms with E-state index in [9.17, 15) is 4.79 Å². The van der Waals surface area contributed by atoms with Crippen LogP contribution in [0.3, 0.4) is 0 Å². The quantitative estimate of drug-likeness (QED) is 0.695. The highest BCUT2D eigenvalue weighted by molar-refractivity contribution is 5.91. The van der Waals surface area contributed by atoms with Crippen molar-refractivity contribution in [2.24, 2.45) is 0 Å². The van der Waals surface area contributed by atoms with E-state index in [0.29, 0.717) is 11.6 Å². The van der Waals surface area contributed by atoms with Crippen molar-refractivity contribution in [3.8, 4) is 11.6 Å². The molecule has 142 valence electrons. The van der Waals surface area contributed by atoms with Gasteiger partial charge in [0.15, 0.2) is 0 Å². The zero-order chi connectivity index (χ0) is 19.5. The Labute approximate surface area is 163 Å². The molecule has 1 unspecified atom stereocenters. The van der Waals surface area contributed by atoms with Crippen LogP contribution in [0.15, 0.2) is 55.0 Å². The summed E-state index contributed by atoms with van der Waals surface area (Å²) in [7, 11) is 1.58. The van der Waals surface area contributed by atoms with Crippen molar-refractivity contribution in [1.29, 1.82) is 0 Å². The zero-order valence-electron chi connectivity index (χ0n) is 15.9. The van der Waals surface area contributed by atoms with Crippen LogP contribution < -0.4 is 10.1 Å². The van der Waals surface area contributed by atoms with Crippen LogP contribution in [0.4, 0.5) is 0 Å². The molecule has 0 saturated carbocycles. The van der Waals surface area contributed by atoms with E-state index in [4.69, 9.17) is 4.74 Å². The van der Waals surface area contributed by atoms with Crippen molar-refractivity contribution >= 4 is 12.0 Å². The second-order valence-electron chi connectivity index (χ2n) is 6.82. The van der Waals surface area contributed by atoms with Gasteiger partial charge in [0.1, 0.15) is 5.69 Å². The van der Waals surface area contributed by atoms with Crippen LogP contribution in [0, 0.1) is 6.92 Å². The predicted molar refractivity (Wildman–Crippen MR) is 107 cm³/mol. The summed E-state index contributed by atoms with van der Waals surface area (Å²) in [6, 6.07) is 12.1. The summed E-state index contributed by atoms with van der Waals surface area (Å²) in [6.07, 6.45) is 8.77. The van der Waals surface area contributed by atoms with Crippen LogP contribution in [0.5, 0.6) is 5.88 Å². The van der Waals surface area contributed by atoms with Crippen LogP contribution in [0.25, 0.3) is 11.8 Å². The number of aromatic nitrogens is 3. The van der Waals surface area contributed by atoms with Gasteiger partial charge in [0.25, 0.3) is 0 Å². The number of rotatable bonds is 5. The Balaban J connectivity index is 1.46. The number of pyridine rings is 1. The van der Waals surface area contributed by atoms with Gasteiger partial charge in [-0.2, -0.15) is 0 Å². The first kappa shape index (κ1) is 18.0. The lowest BCUT2D eigenvalue weighted by Crippen LogP contribution is -2.25. The Kier molecular flexibility index (Phi) is 4.93. The van der Waals surface area contributed by atoms with E-state index in [2.05, 4.69) is 27.4 Å². The van der Waals surface area contributed by atoms with E-state index in [0.717, 1.165) is 24.2 Å². The Hall–Kier alpha value is -3.41. The normalized spacial score (nSPS) is 15.6. The average Bonchev–Trinajstić information content (AvgIpc) is 3.33. The largest absolute Gasteiger partial charge is 0.479 e. The number of carbonyl (C=O) groups is 1. The first-order valence-electron chi connectivity index (χ1n) is 9.26. The van der Waals surface area contributed by atoms with E-state index < -0.39 is 0 Å². The molecule has 0 radical (unpaired) electrons. The summed E-state index contributed by atoms with van der Waals surface area (Å²) < 4.78 is 7.27. The third-order valence-corrected chi connectivity index (χ3v) is 4.90. The van der Waals surface area contributed by atoms with Gasteiger partial charge in [-0.3, -0.25) is 4.79 Å². The van der Waals surface area contributed by atoms with Gasteiger partial charge in [0.05, 0.1) is 30.9 Å². The maximum atomic E-state index is 12.4. The number of methoxy groups -OCH3 is 1. The molecular formula is C22H22N4O2. The Morgan fingerprint density at radius 2 is 2.14 bits per heavy atom. The number of amides is 1. The van der Waals surface area contributed by atoms with Crippen molar-refractivity contribution in [2.75, 3.05) is 7.11 Å². The molecule has 1 aliphatic rings. The lowest BCUT2D eigenvalue weighted by Gasteiger charge is -2.12. The van der Waals surface area contributed by atoms with Crippen LogP contribution in [0.1, 0.15) is 35.0 Å². The number of ether oxygens (including phenoxy) is 1. The SMILES string of the molecule is COc1nc(/C=C/C(=O)NC2CCc3ccccc32)ccc1-n1cnc(C)c1. The van der Waals surface area contributed by atoms with Crippen molar-refractivity contribution in [1.82, 2.24) is 19.9 Å². The number of hydrogen-bond acceptors (Lipinski definition) is 4. The van der Waals surface area contributed by atoms with Crippen molar-refractivity contribution in [3.05, 3.63) is 77.5 Å². The first-order chi connectivity index (χ1) is 13.6. The summed E-state index contributed by atoms with van der Waals surface area (Å²) in [5.74, 6) is 0.349. The van der Waals surface area contributed by atoms with Gasteiger partial charge in [-0.1, -0.05) is 24.3 Å². The zero-order valence-corrected chi connectivity index (χ0v) is 15.9. The van der Waals surface area contributed by atoms with Crippen LogP contribution in [-0.4, -0.2) is 27.6 Å². The number of aryl methyl sites for hydroxylation is 2. The standard InChI is InChI=1S/C22H22N4O2/c1-15-13-26(14-23-15)20-11-8-17(24-22(20)28-2)9-12-21(27)25-19-10-7-16-5-3-4-6-18(16)19/h3-6,8-9,11-14,19H,7,10H2,1-2H3,(H,25,27)/b12-9+. The van der Waals surface area contributed by atoms with Crippen molar-refractivity contribution < 1.29 is 9.53 Å². The highest BCUT2D eigenvalue weighted by atomic mass is 16.5. The fourth-order valence-electron chi connectivity index (χ4n) is 3.53. The van der Waals surface area contributed by atoms with Gasteiger partial charge in [0, 0.05) is 12.3 Å². The van der Waals surface area contributed by atoms with Gasteiger partial charge < -0.3 is 14.6 Å². The van der Waals surface area contributed by atoms with E-state index in [1.165, 1.54) is 17.2 Å². The molecule has 6 heteroatoms. The molecule has 4 rings (SSSR count). The number of nitrogens with one attached hydrogen (secondary N) is 1. The molecule has 0 spiro atoms. The smallest absolute Gasteiger partial charge is 0.244 e. The highest BCUT2D eigenvalue weighted by Crippen LogP contribution is 2.30. The average molecular weight is 374 g/mol. The number of hydrogen-bond donors (Lipinski definition) is 1. The van der Waals surface area contributed by atoms with Gasteiger partial charge in [-0.15, -0.1) is 0 Å². The minimum Gasteiger partial charge on any atom is -0.479 e. The van der Waals surface area contributed by atoms with Crippen molar-refractivity contribution in [2.45, 2.75) is 25.8 Å². The number of fused-ring (bicyclic) bond motifs is 1. The number of imidazole rings is 1. The molecule has 3 aromatic rings.